The molecule has 0 spiro atoms. The summed E-state index contributed by atoms with van der Waals surface area (Å²) in [5.41, 5.74) is 8.52. The number of hydrogen-bond acceptors (Lipinski definition) is 5. The van der Waals surface area contributed by atoms with E-state index in [1.807, 2.05) is 12.1 Å². The van der Waals surface area contributed by atoms with Crippen molar-refractivity contribution in [3.63, 3.8) is 0 Å². The van der Waals surface area contributed by atoms with Crippen LogP contribution >= 0.6 is 0 Å². The van der Waals surface area contributed by atoms with Gasteiger partial charge in [0.05, 0.1) is 6.42 Å². The third-order valence-corrected chi connectivity index (χ3v) is 5.35. The number of aryl methyl sites for hydroxylation is 2. The van der Waals surface area contributed by atoms with Crippen molar-refractivity contribution >= 4 is 29.3 Å². The number of carbonyl (C=O) groups excluding carboxylic acids is 4. The van der Waals surface area contributed by atoms with Crippen molar-refractivity contribution in [1.82, 2.24) is 0 Å². The highest BCUT2D eigenvalue weighted by atomic mass is 19.1. The first-order valence-corrected chi connectivity index (χ1v) is 10.5. The number of amides is 2. The van der Waals surface area contributed by atoms with Crippen molar-refractivity contribution in [3.05, 3.63) is 65.0 Å². The highest BCUT2D eigenvalue weighted by Crippen LogP contribution is 2.23. The Labute approximate surface area is 185 Å². The van der Waals surface area contributed by atoms with Gasteiger partial charge in [-0.05, 0) is 60.7 Å². The summed E-state index contributed by atoms with van der Waals surface area (Å²) in [5, 5.41) is 0. The molecule has 0 atom stereocenters. The molecule has 8 heteroatoms. The van der Waals surface area contributed by atoms with Crippen LogP contribution in [-0.4, -0.2) is 36.7 Å². The van der Waals surface area contributed by atoms with Crippen LogP contribution in [0.3, 0.4) is 0 Å². The molecule has 7 nitrogen and oxygen atoms in total. The molecule has 0 bridgehead atoms. The standard InChI is InChI=1S/C24H25FN2O5/c25-19-6-8-20(9-7-19)27(13-12-22(26)29)23(30)15-32-24(31)11-10-21(28)18-5-4-16-2-1-3-17(16)14-18/h4-9,14H,1-3,10-13,15H2,(H2,26,29). The molecule has 1 aliphatic carbocycles. The molecule has 0 aliphatic heterocycles. The van der Waals surface area contributed by atoms with Gasteiger partial charge in [-0.2, -0.15) is 0 Å². The Morgan fingerprint density at radius 2 is 1.66 bits per heavy atom. The number of primary amides is 1. The van der Waals surface area contributed by atoms with E-state index in [1.165, 1.54) is 40.3 Å². The van der Waals surface area contributed by atoms with E-state index in [9.17, 15) is 23.6 Å². The number of benzene rings is 2. The average Bonchev–Trinajstić information content (AvgIpc) is 3.25. The molecule has 1 aliphatic rings. The Morgan fingerprint density at radius 3 is 2.38 bits per heavy atom. The normalized spacial score (nSPS) is 12.2. The fourth-order valence-corrected chi connectivity index (χ4v) is 3.64. The minimum atomic E-state index is -0.679. The van der Waals surface area contributed by atoms with Crippen LogP contribution in [0.15, 0.2) is 42.5 Å². The molecular weight excluding hydrogens is 415 g/mol. The van der Waals surface area contributed by atoms with E-state index in [1.54, 1.807) is 6.07 Å². The zero-order valence-electron chi connectivity index (χ0n) is 17.6. The van der Waals surface area contributed by atoms with Crippen LogP contribution in [0, 0.1) is 5.82 Å². The Bertz CT molecular complexity index is 1020. The second-order valence-corrected chi connectivity index (χ2v) is 7.66. The summed E-state index contributed by atoms with van der Waals surface area (Å²) in [6, 6.07) is 10.7. The largest absolute Gasteiger partial charge is 0.456 e. The Morgan fingerprint density at radius 1 is 0.938 bits per heavy atom. The van der Waals surface area contributed by atoms with Crippen LogP contribution in [0.4, 0.5) is 10.1 Å². The van der Waals surface area contributed by atoms with E-state index in [0.29, 0.717) is 11.3 Å². The highest BCUT2D eigenvalue weighted by Gasteiger charge is 2.20. The van der Waals surface area contributed by atoms with Crippen molar-refractivity contribution in [2.45, 2.75) is 38.5 Å². The van der Waals surface area contributed by atoms with Crippen molar-refractivity contribution < 1.29 is 28.3 Å². The van der Waals surface area contributed by atoms with Gasteiger partial charge in [0.1, 0.15) is 5.82 Å². The molecule has 2 aromatic carbocycles. The van der Waals surface area contributed by atoms with E-state index >= 15 is 0 Å². The van der Waals surface area contributed by atoms with Gasteiger partial charge in [-0.3, -0.25) is 19.2 Å². The maximum Gasteiger partial charge on any atom is 0.306 e. The molecule has 2 aromatic rings. The zero-order chi connectivity index (χ0) is 23.1. The molecule has 0 saturated carbocycles. The number of halogens is 1. The van der Waals surface area contributed by atoms with Gasteiger partial charge in [0.2, 0.25) is 5.91 Å². The van der Waals surface area contributed by atoms with Crippen molar-refractivity contribution in [1.29, 1.82) is 0 Å². The molecule has 168 valence electrons. The first-order valence-electron chi connectivity index (χ1n) is 10.5. The molecule has 32 heavy (non-hydrogen) atoms. The van der Waals surface area contributed by atoms with Gasteiger partial charge in [-0.1, -0.05) is 12.1 Å². The number of hydrogen-bond donors (Lipinski definition) is 1. The first-order chi connectivity index (χ1) is 15.3. The lowest BCUT2D eigenvalue weighted by atomic mass is 10.0. The summed E-state index contributed by atoms with van der Waals surface area (Å²) in [7, 11) is 0. The number of rotatable bonds is 10. The third kappa shape index (κ3) is 6.23. The summed E-state index contributed by atoms with van der Waals surface area (Å²) in [5.74, 6) is -2.50. The second kappa shape index (κ2) is 10.7. The molecule has 0 aromatic heterocycles. The maximum atomic E-state index is 13.2. The monoisotopic (exact) mass is 440 g/mol. The van der Waals surface area contributed by atoms with E-state index in [-0.39, 0.29) is 31.6 Å². The number of nitrogens with zero attached hydrogens (tertiary/aromatic N) is 1. The molecule has 0 fully saturated rings. The summed E-state index contributed by atoms with van der Waals surface area (Å²) < 4.78 is 18.2. The Balaban J connectivity index is 1.51. The number of ketones is 1. The number of nitrogens with two attached hydrogens (primary N) is 1. The lowest BCUT2D eigenvalue weighted by Gasteiger charge is -2.22. The van der Waals surface area contributed by atoms with E-state index in [4.69, 9.17) is 10.5 Å². The SMILES string of the molecule is NC(=O)CCN(C(=O)COC(=O)CCC(=O)c1ccc2c(c1)CCC2)c1ccc(F)cc1. The summed E-state index contributed by atoms with van der Waals surface area (Å²) in [6.07, 6.45) is 2.80. The van der Waals surface area contributed by atoms with Gasteiger partial charge in [0, 0.05) is 30.6 Å². The fourth-order valence-electron chi connectivity index (χ4n) is 3.64. The van der Waals surface area contributed by atoms with Crippen LogP contribution < -0.4 is 10.6 Å². The third-order valence-electron chi connectivity index (χ3n) is 5.35. The topological polar surface area (TPSA) is 107 Å². The van der Waals surface area contributed by atoms with Crippen LogP contribution in [0.2, 0.25) is 0 Å². The lowest BCUT2D eigenvalue weighted by molar-refractivity contribution is -0.147. The molecule has 2 amide bonds. The molecule has 0 radical (unpaired) electrons. The van der Waals surface area contributed by atoms with Crippen LogP contribution in [-0.2, 0) is 32.0 Å². The zero-order valence-corrected chi connectivity index (χ0v) is 17.6. The minimum Gasteiger partial charge on any atom is -0.456 e. The molecule has 2 N–H and O–H groups in total. The van der Waals surface area contributed by atoms with E-state index < -0.39 is 30.2 Å². The van der Waals surface area contributed by atoms with Gasteiger partial charge in [-0.25, -0.2) is 4.39 Å². The predicted molar refractivity (Wildman–Crippen MR) is 116 cm³/mol. The molecule has 0 unspecified atom stereocenters. The maximum absolute atomic E-state index is 13.2. The van der Waals surface area contributed by atoms with Crippen LogP contribution in [0.1, 0.15) is 47.2 Å². The van der Waals surface area contributed by atoms with Crippen molar-refractivity contribution in [3.8, 4) is 0 Å². The number of carbonyl (C=O) groups is 4. The first kappa shape index (κ1) is 23.1. The number of fused-ring (bicyclic) bond motifs is 1. The smallest absolute Gasteiger partial charge is 0.306 e. The minimum absolute atomic E-state index is 0.0187. The molecule has 0 saturated heterocycles. The van der Waals surface area contributed by atoms with Gasteiger partial charge in [-0.15, -0.1) is 0 Å². The quantitative estimate of drug-likeness (QED) is 0.452. The molecule has 0 heterocycles. The number of anilines is 1. The molecular formula is C24H25FN2O5. The Hall–Kier alpha value is -3.55. The highest BCUT2D eigenvalue weighted by molar-refractivity contribution is 5.98. The van der Waals surface area contributed by atoms with Crippen LogP contribution in [0.25, 0.3) is 0 Å². The summed E-state index contributed by atoms with van der Waals surface area (Å²) in [4.78, 5) is 49.3. The summed E-state index contributed by atoms with van der Waals surface area (Å²) in [6.45, 7) is -0.601. The fraction of sp³-hybridized carbons (Fsp3) is 0.333. The van der Waals surface area contributed by atoms with Gasteiger partial charge >= 0.3 is 5.97 Å². The van der Waals surface area contributed by atoms with Crippen molar-refractivity contribution in [2.24, 2.45) is 5.73 Å². The Kier molecular flexibility index (Phi) is 7.70. The van der Waals surface area contributed by atoms with Gasteiger partial charge in [0.25, 0.3) is 5.91 Å². The van der Waals surface area contributed by atoms with E-state index in [2.05, 4.69) is 0 Å². The molecule has 3 rings (SSSR count). The summed E-state index contributed by atoms with van der Waals surface area (Å²) >= 11 is 0. The van der Waals surface area contributed by atoms with E-state index in [0.717, 1.165) is 19.3 Å². The number of ether oxygens (including phenoxy) is 1. The van der Waals surface area contributed by atoms with Crippen LogP contribution in [0.5, 0.6) is 0 Å². The van der Waals surface area contributed by atoms with Gasteiger partial charge < -0.3 is 15.4 Å². The van der Waals surface area contributed by atoms with Crippen molar-refractivity contribution in [2.75, 3.05) is 18.1 Å². The number of Topliss-reactive ketones (excluding diaryl/α,β-unsaturated/α-hetero) is 1. The lowest BCUT2D eigenvalue weighted by Crippen LogP contribution is -2.37. The number of esters is 1. The average molecular weight is 440 g/mol. The second-order valence-electron chi connectivity index (χ2n) is 7.66. The predicted octanol–water partition coefficient (Wildman–Crippen LogP) is 2.73. The van der Waals surface area contributed by atoms with Gasteiger partial charge in [0.15, 0.2) is 12.4 Å².